The van der Waals surface area contributed by atoms with Crippen molar-refractivity contribution in [1.82, 2.24) is 15.5 Å². The molecule has 1 atom stereocenters. The van der Waals surface area contributed by atoms with Crippen molar-refractivity contribution in [3.63, 3.8) is 0 Å². The van der Waals surface area contributed by atoms with Gasteiger partial charge in [-0.05, 0) is 19.4 Å². The first-order valence-electron chi connectivity index (χ1n) is 6.19. The highest BCUT2D eigenvalue weighted by molar-refractivity contribution is 4.76. The van der Waals surface area contributed by atoms with Crippen LogP contribution in [0.4, 0.5) is 0 Å². The predicted octanol–water partition coefficient (Wildman–Crippen LogP) is -0.340. The van der Waals surface area contributed by atoms with Gasteiger partial charge in [-0.1, -0.05) is 0 Å². The molecule has 2 aliphatic heterocycles. The summed E-state index contributed by atoms with van der Waals surface area (Å²) in [7, 11) is 0. The maximum absolute atomic E-state index is 5.32. The molecule has 0 bridgehead atoms. The second-order valence-corrected chi connectivity index (χ2v) is 4.45. The van der Waals surface area contributed by atoms with E-state index in [0.29, 0.717) is 0 Å². The van der Waals surface area contributed by atoms with E-state index in [0.717, 1.165) is 52.0 Å². The predicted molar refractivity (Wildman–Crippen MR) is 61.2 cm³/mol. The minimum absolute atomic E-state index is 0.717. The Labute approximate surface area is 92.4 Å². The fourth-order valence-corrected chi connectivity index (χ4v) is 2.27. The van der Waals surface area contributed by atoms with Crippen molar-refractivity contribution >= 4 is 0 Å². The Balaban J connectivity index is 1.47. The Morgan fingerprint density at radius 3 is 2.93 bits per heavy atom. The van der Waals surface area contributed by atoms with Crippen LogP contribution in [0.5, 0.6) is 0 Å². The molecule has 15 heavy (non-hydrogen) atoms. The monoisotopic (exact) mass is 213 g/mol. The molecule has 2 saturated heterocycles. The van der Waals surface area contributed by atoms with Gasteiger partial charge in [0.2, 0.25) is 0 Å². The van der Waals surface area contributed by atoms with Gasteiger partial charge in [0.25, 0.3) is 0 Å². The molecule has 0 aromatic heterocycles. The van der Waals surface area contributed by atoms with E-state index in [-0.39, 0.29) is 0 Å². The molecule has 0 radical (unpaired) electrons. The number of hydrogen-bond acceptors (Lipinski definition) is 4. The van der Waals surface area contributed by atoms with Crippen LogP contribution in [0.1, 0.15) is 12.8 Å². The molecule has 2 fully saturated rings. The standard InChI is InChI=1S/C11H23N3O/c1-2-11(13-3-1)10-12-4-5-14-6-8-15-9-7-14/h11-13H,1-10H2. The fourth-order valence-electron chi connectivity index (χ4n) is 2.27. The highest BCUT2D eigenvalue weighted by Gasteiger charge is 2.13. The van der Waals surface area contributed by atoms with E-state index in [9.17, 15) is 0 Å². The molecule has 0 aromatic carbocycles. The average Bonchev–Trinajstić information content (AvgIpc) is 2.79. The molecular weight excluding hydrogens is 190 g/mol. The number of nitrogens with one attached hydrogen (secondary N) is 2. The topological polar surface area (TPSA) is 36.5 Å². The first-order valence-corrected chi connectivity index (χ1v) is 6.19. The quantitative estimate of drug-likeness (QED) is 0.613. The van der Waals surface area contributed by atoms with Gasteiger partial charge >= 0.3 is 0 Å². The number of rotatable bonds is 5. The Morgan fingerprint density at radius 2 is 2.20 bits per heavy atom. The van der Waals surface area contributed by atoms with Gasteiger partial charge in [0.15, 0.2) is 0 Å². The van der Waals surface area contributed by atoms with Gasteiger partial charge < -0.3 is 15.4 Å². The molecule has 0 saturated carbocycles. The molecule has 4 nitrogen and oxygen atoms in total. The number of ether oxygens (including phenoxy) is 1. The Bertz CT molecular complexity index is 165. The minimum Gasteiger partial charge on any atom is -0.379 e. The maximum atomic E-state index is 5.32. The Kier molecular flexibility index (Phi) is 4.86. The SMILES string of the molecule is C1CNC(CNCCN2CCOCC2)C1. The summed E-state index contributed by atoms with van der Waals surface area (Å²) in [6, 6.07) is 0.717. The zero-order valence-corrected chi connectivity index (χ0v) is 9.50. The van der Waals surface area contributed by atoms with Crippen LogP contribution in [0.3, 0.4) is 0 Å². The zero-order valence-electron chi connectivity index (χ0n) is 9.50. The van der Waals surface area contributed by atoms with Crippen molar-refractivity contribution in [1.29, 1.82) is 0 Å². The molecular formula is C11H23N3O. The van der Waals surface area contributed by atoms with Crippen molar-refractivity contribution in [3.8, 4) is 0 Å². The lowest BCUT2D eigenvalue weighted by Gasteiger charge is -2.26. The fraction of sp³-hybridized carbons (Fsp3) is 1.00. The number of hydrogen-bond donors (Lipinski definition) is 2. The van der Waals surface area contributed by atoms with Crippen molar-refractivity contribution in [2.24, 2.45) is 0 Å². The van der Waals surface area contributed by atoms with Crippen molar-refractivity contribution in [2.75, 3.05) is 52.5 Å². The third-order valence-electron chi connectivity index (χ3n) is 3.26. The Hall–Kier alpha value is -0.160. The summed E-state index contributed by atoms with van der Waals surface area (Å²) in [5.41, 5.74) is 0. The first kappa shape index (κ1) is 11.3. The van der Waals surface area contributed by atoms with E-state index in [1.807, 2.05) is 0 Å². The van der Waals surface area contributed by atoms with Crippen LogP contribution in [-0.2, 0) is 4.74 Å². The van der Waals surface area contributed by atoms with Gasteiger partial charge in [-0.3, -0.25) is 4.90 Å². The van der Waals surface area contributed by atoms with E-state index in [1.165, 1.54) is 19.4 Å². The summed E-state index contributed by atoms with van der Waals surface area (Å²) in [6.45, 7) is 8.62. The molecule has 2 aliphatic rings. The largest absolute Gasteiger partial charge is 0.379 e. The van der Waals surface area contributed by atoms with Gasteiger partial charge in [0.1, 0.15) is 0 Å². The van der Waals surface area contributed by atoms with E-state index in [1.54, 1.807) is 0 Å². The summed E-state index contributed by atoms with van der Waals surface area (Å²) in [5, 5.41) is 7.03. The van der Waals surface area contributed by atoms with Crippen LogP contribution in [0.2, 0.25) is 0 Å². The highest BCUT2D eigenvalue weighted by atomic mass is 16.5. The molecule has 1 unspecified atom stereocenters. The van der Waals surface area contributed by atoms with Crippen LogP contribution >= 0.6 is 0 Å². The first-order chi connectivity index (χ1) is 7.45. The van der Waals surface area contributed by atoms with Crippen LogP contribution in [0, 0.1) is 0 Å². The van der Waals surface area contributed by atoms with Crippen molar-refractivity contribution in [2.45, 2.75) is 18.9 Å². The highest BCUT2D eigenvalue weighted by Crippen LogP contribution is 2.02. The summed E-state index contributed by atoms with van der Waals surface area (Å²) < 4.78 is 5.32. The smallest absolute Gasteiger partial charge is 0.0594 e. The molecule has 0 amide bonds. The second-order valence-electron chi connectivity index (χ2n) is 4.45. The normalized spacial score (nSPS) is 28.4. The van der Waals surface area contributed by atoms with Crippen LogP contribution in [-0.4, -0.2) is 63.4 Å². The molecule has 2 heterocycles. The van der Waals surface area contributed by atoms with Crippen LogP contribution in [0.25, 0.3) is 0 Å². The lowest BCUT2D eigenvalue weighted by molar-refractivity contribution is 0.0384. The van der Waals surface area contributed by atoms with Gasteiger partial charge in [-0.15, -0.1) is 0 Å². The molecule has 4 heteroatoms. The Morgan fingerprint density at radius 1 is 1.33 bits per heavy atom. The van der Waals surface area contributed by atoms with E-state index in [2.05, 4.69) is 15.5 Å². The van der Waals surface area contributed by atoms with Gasteiger partial charge in [0, 0.05) is 38.8 Å². The zero-order chi connectivity index (χ0) is 10.3. The molecule has 2 rings (SSSR count). The third kappa shape index (κ3) is 4.07. The lowest BCUT2D eigenvalue weighted by Crippen LogP contribution is -2.42. The number of morpholine rings is 1. The maximum Gasteiger partial charge on any atom is 0.0594 e. The summed E-state index contributed by atoms with van der Waals surface area (Å²) in [5.74, 6) is 0. The average molecular weight is 213 g/mol. The van der Waals surface area contributed by atoms with Gasteiger partial charge in [-0.25, -0.2) is 0 Å². The summed E-state index contributed by atoms with van der Waals surface area (Å²) in [6.07, 6.45) is 2.68. The third-order valence-corrected chi connectivity index (χ3v) is 3.26. The van der Waals surface area contributed by atoms with Gasteiger partial charge in [-0.2, -0.15) is 0 Å². The van der Waals surface area contributed by atoms with E-state index < -0.39 is 0 Å². The van der Waals surface area contributed by atoms with Crippen molar-refractivity contribution < 1.29 is 4.74 Å². The molecule has 0 aromatic rings. The minimum atomic E-state index is 0.717. The molecule has 2 N–H and O–H groups in total. The van der Waals surface area contributed by atoms with Crippen LogP contribution in [0.15, 0.2) is 0 Å². The van der Waals surface area contributed by atoms with E-state index in [4.69, 9.17) is 4.74 Å². The second kappa shape index (κ2) is 6.43. The number of nitrogens with zero attached hydrogens (tertiary/aromatic N) is 1. The molecule has 88 valence electrons. The van der Waals surface area contributed by atoms with Crippen molar-refractivity contribution in [3.05, 3.63) is 0 Å². The van der Waals surface area contributed by atoms with Gasteiger partial charge in [0.05, 0.1) is 13.2 Å². The van der Waals surface area contributed by atoms with Crippen LogP contribution < -0.4 is 10.6 Å². The molecule has 0 spiro atoms. The van der Waals surface area contributed by atoms with E-state index >= 15 is 0 Å². The summed E-state index contributed by atoms with van der Waals surface area (Å²) in [4.78, 5) is 2.47. The summed E-state index contributed by atoms with van der Waals surface area (Å²) >= 11 is 0. The molecule has 0 aliphatic carbocycles. The lowest BCUT2D eigenvalue weighted by atomic mass is 10.2.